The van der Waals surface area contributed by atoms with Gasteiger partial charge in [-0.05, 0) is 48.2 Å². The Morgan fingerprint density at radius 1 is 0.943 bits per heavy atom. The summed E-state index contributed by atoms with van der Waals surface area (Å²) in [5.74, 6) is -0.548. The second-order valence-electron chi connectivity index (χ2n) is 8.52. The number of carbonyl (C=O) groups is 2. The zero-order valence-corrected chi connectivity index (χ0v) is 19.6. The van der Waals surface area contributed by atoms with Crippen LogP contribution >= 0.6 is 0 Å². The van der Waals surface area contributed by atoms with Crippen LogP contribution in [0.25, 0.3) is 21.7 Å². The van der Waals surface area contributed by atoms with Gasteiger partial charge in [0.05, 0.1) is 42.0 Å². The summed E-state index contributed by atoms with van der Waals surface area (Å²) in [6, 6.07) is 24.8. The summed E-state index contributed by atoms with van der Waals surface area (Å²) in [6.07, 6.45) is 3.88. The van der Waals surface area contributed by atoms with Crippen molar-refractivity contribution in [2.45, 2.75) is 19.5 Å². The molecule has 0 fully saturated rings. The Kier molecular flexibility index (Phi) is 6.02. The van der Waals surface area contributed by atoms with Gasteiger partial charge in [0.1, 0.15) is 0 Å². The fourth-order valence-corrected chi connectivity index (χ4v) is 4.35. The van der Waals surface area contributed by atoms with Crippen LogP contribution < -0.4 is 5.32 Å². The number of hydrogen-bond donors (Lipinski definition) is 1. The molecule has 0 bridgehead atoms. The number of hydrogen-bond acceptors (Lipinski definition) is 4. The van der Waals surface area contributed by atoms with Gasteiger partial charge in [0.25, 0.3) is 5.91 Å². The van der Waals surface area contributed by atoms with Crippen LogP contribution in [0.3, 0.4) is 0 Å². The zero-order chi connectivity index (χ0) is 24.4. The van der Waals surface area contributed by atoms with Crippen LogP contribution in [0.1, 0.15) is 44.9 Å². The minimum Gasteiger partial charge on any atom is -0.465 e. The number of pyridine rings is 1. The van der Waals surface area contributed by atoms with Crippen LogP contribution in [-0.2, 0) is 11.3 Å². The number of nitrogens with one attached hydrogen (secondary N) is 1. The average molecular weight is 464 g/mol. The van der Waals surface area contributed by atoms with Crippen LogP contribution in [0.5, 0.6) is 0 Å². The van der Waals surface area contributed by atoms with Crippen LogP contribution in [0.4, 0.5) is 0 Å². The van der Waals surface area contributed by atoms with Crippen molar-refractivity contribution in [2.24, 2.45) is 0 Å². The highest BCUT2D eigenvalue weighted by atomic mass is 16.5. The summed E-state index contributed by atoms with van der Waals surface area (Å²) in [5, 5.41) is 6.32. The predicted molar refractivity (Wildman–Crippen MR) is 136 cm³/mol. The third-order valence-electron chi connectivity index (χ3n) is 6.23. The van der Waals surface area contributed by atoms with E-state index in [9.17, 15) is 9.59 Å². The summed E-state index contributed by atoms with van der Waals surface area (Å²) in [6.45, 7) is 2.48. The SMILES string of the molecule is COC(=O)c1ccc([C@H](C)NC(=O)c2cccc3ccn(Cc4cc5ccccc5cn4)c23)cc1. The molecule has 2 heterocycles. The topological polar surface area (TPSA) is 73.2 Å². The van der Waals surface area contributed by atoms with Crippen LogP contribution in [0.2, 0.25) is 0 Å². The van der Waals surface area contributed by atoms with Gasteiger partial charge >= 0.3 is 5.97 Å². The molecule has 0 aliphatic rings. The van der Waals surface area contributed by atoms with Crippen molar-refractivity contribution in [3.8, 4) is 0 Å². The summed E-state index contributed by atoms with van der Waals surface area (Å²) >= 11 is 0. The Hall–Kier alpha value is -4.45. The maximum absolute atomic E-state index is 13.3. The van der Waals surface area contributed by atoms with E-state index in [4.69, 9.17) is 4.74 Å². The molecule has 0 aliphatic carbocycles. The predicted octanol–water partition coefficient (Wildman–Crippen LogP) is 5.52. The van der Waals surface area contributed by atoms with E-state index in [2.05, 4.69) is 27.0 Å². The number of methoxy groups -OCH3 is 1. The van der Waals surface area contributed by atoms with Crippen molar-refractivity contribution in [3.63, 3.8) is 0 Å². The molecule has 0 saturated carbocycles. The molecule has 3 aromatic carbocycles. The average Bonchev–Trinajstić information content (AvgIpc) is 3.31. The van der Waals surface area contributed by atoms with Crippen molar-refractivity contribution in [1.29, 1.82) is 0 Å². The molecule has 0 aliphatic heterocycles. The molecule has 0 spiro atoms. The van der Waals surface area contributed by atoms with E-state index in [1.807, 2.05) is 73.9 Å². The Balaban J connectivity index is 1.40. The summed E-state index contributed by atoms with van der Waals surface area (Å²) in [5.41, 5.74) is 3.77. The first-order chi connectivity index (χ1) is 17.0. The van der Waals surface area contributed by atoms with Crippen molar-refractivity contribution in [1.82, 2.24) is 14.9 Å². The Morgan fingerprint density at radius 3 is 2.46 bits per heavy atom. The molecule has 2 aromatic heterocycles. The molecular weight excluding hydrogens is 438 g/mol. The molecule has 174 valence electrons. The molecule has 35 heavy (non-hydrogen) atoms. The van der Waals surface area contributed by atoms with Crippen LogP contribution in [-0.4, -0.2) is 28.5 Å². The fourth-order valence-electron chi connectivity index (χ4n) is 4.35. The monoisotopic (exact) mass is 463 g/mol. The first kappa shape index (κ1) is 22.3. The van der Waals surface area contributed by atoms with E-state index in [0.717, 1.165) is 32.9 Å². The van der Waals surface area contributed by atoms with Gasteiger partial charge in [0.2, 0.25) is 0 Å². The number of rotatable bonds is 6. The summed E-state index contributed by atoms with van der Waals surface area (Å²) < 4.78 is 6.82. The molecular formula is C29H25N3O3. The van der Waals surface area contributed by atoms with Gasteiger partial charge in [-0.25, -0.2) is 4.79 Å². The molecule has 0 unspecified atom stereocenters. The fraction of sp³-hybridized carbons (Fsp3) is 0.138. The number of fused-ring (bicyclic) bond motifs is 2. The number of benzene rings is 3. The number of amides is 1. The Morgan fingerprint density at radius 2 is 1.69 bits per heavy atom. The Bertz CT molecular complexity index is 1540. The molecule has 5 aromatic rings. The third kappa shape index (κ3) is 4.51. The number of para-hydroxylation sites is 1. The van der Waals surface area contributed by atoms with Gasteiger partial charge in [-0.2, -0.15) is 0 Å². The standard InChI is InChI=1S/C29H25N3O3/c1-19(20-10-12-22(13-11-20)29(34)35-2)31-28(33)26-9-5-8-21-14-15-32(27(21)26)18-25-16-23-6-3-4-7-24(23)17-30-25/h3-17,19H,18H2,1-2H3,(H,31,33)/t19-/m0/s1. The maximum atomic E-state index is 13.3. The third-order valence-corrected chi connectivity index (χ3v) is 6.23. The van der Waals surface area contributed by atoms with Crippen LogP contribution in [0.15, 0.2) is 91.3 Å². The molecule has 1 atom stereocenters. The number of aromatic nitrogens is 2. The van der Waals surface area contributed by atoms with Crippen molar-refractivity contribution in [2.75, 3.05) is 7.11 Å². The van der Waals surface area contributed by atoms with Gasteiger partial charge < -0.3 is 14.6 Å². The van der Waals surface area contributed by atoms with Crippen molar-refractivity contribution >= 4 is 33.6 Å². The number of carbonyl (C=O) groups excluding carboxylic acids is 2. The lowest BCUT2D eigenvalue weighted by atomic mass is 10.0. The highest BCUT2D eigenvalue weighted by molar-refractivity contribution is 6.06. The minimum atomic E-state index is -0.387. The zero-order valence-electron chi connectivity index (χ0n) is 19.6. The maximum Gasteiger partial charge on any atom is 0.337 e. The second-order valence-corrected chi connectivity index (χ2v) is 8.52. The van der Waals surface area contributed by atoms with E-state index in [1.54, 1.807) is 12.1 Å². The smallest absolute Gasteiger partial charge is 0.337 e. The van der Waals surface area contributed by atoms with Crippen molar-refractivity contribution < 1.29 is 14.3 Å². The molecule has 6 nitrogen and oxygen atoms in total. The second kappa shape index (κ2) is 9.43. The number of nitrogens with zero attached hydrogens (tertiary/aromatic N) is 2. The van der Waals surface area contributed by atoms with Crippen molar-refractivity contribution in [3.05, 3.63) is 114 Å². The molecule has 0 saturated heterocycles. The van der Waals surface area contributed by atoms with Crippen LogP contribution in [0, 0.1) is 0 Å². The summed E-state index contributed by atoms with van der Waals surface area (Å²) in [4.78, 5) is 29.6. The number of ether oxygens (including phenoxy) is 1. The largest absolute Gasteiger partial charge is 0.465 e. The molecule has 0 radical (unpaired) electrons. The molecule has 1 amide bonds. The van der Waals surface area contributed by atoms with Gasteiger partial charge in [0, 0.05) is 23.2 Å². The highest BCUT2D eigenvalue weighted by Crippen LogP contribution is 2.23. The highest BCUT2D eigenvalue weighted by Gasteiger charge is 2.17. The van der Waals surface area contributed by atoms with Gasteiger partial charge in [-0.15, -0.1) is 0 Å². The molecule has 6 heteroatoms. The van der Waals surface area contributed by atoms with Gasteiger partial charge in [-0.3, -0.25) is 9.78 Å². The normalized spacial score (nSPS) is 11.9. The summed E-state index contributed by atoms with van der Waals surface area (Å²) in [7, 11) is 1.35. The van der Waals surface area contributed by atoms with E-state index < -0.39 is 0 Å². The van der Waals surface area contributed by atoms with E-state index in [1.165, 1.54) is 7.11 Å². The van der Waals surface area contributed by atoms with Gasteiger partial charge in [0.15, 0.2) is 0 Å². The first-order valence-corrected chi connectivity index (χ1v) is 11.4. The van der Waals surface area contributed by atoms with E-state index >= 15 is 0 Å². The lowest BCUT2D eigenvalue weighted by Gasteiger charge is -2.16. The number of esters is 1. The lowest BCUT2D eigenvalue weighted by Crippen LogP contribution is -2.27. The first-order valence-electron chi connectivity index (χ1n) is 11.4. The van der Waals surface area contributed by atoms with E-state index in [-0.39, 0.29) is 17.9 Å². The quantitative estimate of drug-likeness (QED) is 0.337. The van der Waals surface area contributed by atoms with Gasteiger partial charge in [-0.1, -0.05) is 48.5 Å². The lowest BCUT2D eigenvalue weighted by molar-refractivity contribution is 0.0600. The Labute approximate surface area is 203 Å². The molecule has 5 rings (SSSR count). The van der Waals surface area contributed by atoms with E-state index in [0.29, 0.717) is 17.7 Å². The minimum absolute atomic E-state index is 0.161. The molecule has 1 N–H and O–H groups in total.